The van der Waals surface area contributed by atoms with Gasteiger partial charge in [-0.3, -0.25) is 0 Å². The van der Waals surface area contributed by atoms with E-state index >= 15 is 0 Å². The third kappa shape index (κ3) is 3.82. The highest BCUT2D eigenvalue weighted by molar-refractivity contribution is 5.33. The average Bonchev–Trinajstić information content (AvgIpc) is 2.47. The Morgan fingerprint density at radius 1 is 1.11 bits per heavy atom. The van der Waals surface area contributed by atoms with Crippen LogP contribution in [0.4, 0.5) is 0 Å². The van der Waals surface area contributed by atoms with Crippen molar-refractivity contribution < 1.29 is 4.74 Å². The third-order valence-corrected chi connectivity index (χ3v) is 2.83. The summed E-state index contributed by atoms with van der Waals surface area (Å²) >= 11 is 0. The fourth-order valence-corrected chi connectivity index (χ4v) is 1.75. The number of hydrogen-bond acceptors (Lipinski definition) is 3. The van der Waals surface area contributed by atoms with Crippen LogP contribution in [0.1, 0.15) is 31.0 Å². The van der Waals surface area contributed by atoms with E-state index < -0.39 is 0 Å². The largest absolute Gasteiger partial charge is 0.456 e. The molecule has 19 heavy (non-hydrogen) atoms. The number of nitrogens with zero attached hydrogens (tertiary/aromatic N) is 2. The fraction of sp³-hybridized carbons (Fsp3) is 0.250. The monoisotopic (exact) mass is 252 g/mol. The number of nitriles is 1. The van der Waals surface area contributed by atoms with Crippen LogP contribution in [-0.2, 0) is 6.42 Å². The molecule has 0 N–H and O–H groups in total. The lowest BCUT2D eigenvalue weighted by molar-refractivity contribution is 0.480. The molecule has 2 rings (SSSR count). The first-order valence-electron chi connectivity index (χ1n) is 6.45. The summed E-state index contributed by atoms with van der Waals surface area (Å²) in [5, 5.41) is 8.67. The molecule has 0 spiro atoms. The average molecular weight is 252 g/mol. The van der Waals surface area contributed by atoms with Crippen molar-refractivity contribution in [1.29, 1.82) is 5.26 Å². The van der Waals surface area contributed by atoms with Crippen LogP contribution in [0.3, 0.4) is 0 Å². The van der Waals surface area contributed by atoms with E-state index in [1.807, 2.05) is 18.2 Å². The topological polar surface area (TPSA) is 45.9 Å². The number of pyridine rings is 1. The van der Waals surface area contributed by atoms with Crippen molar-refractivity contribution in [3.05, 3.63) is 53.9 Å². The molecule has 96 valence electrons. The van der Waals surface area contributed by atoms with E-state index in [1.54, 1.807) is 18.3 Å². The SMILES string of the molecule is CCCCc1ccc(Oc2ccc(C#N)nc2)cc1. The van der Waals surface area contributed by atoms with Crippen LogP contribution in [0, 0.1) is 11.3 Å². The number of aryl methyl sites for hydroxylation is 1. The molecule has 0 bridgehead atoms. The summed E-state index contributed by atoms with van der Waals surface area (Å²) in [6.07, 6.45) is 5.08. The number of ether oxygens (including phenoxy) is 1. The van der Waals surface area contributed by atoms with Gasteiger partial charge in [-0.1, -0.05) is 25.5 Å². The van der Waals surface area contributed by atoms with Crippen molar-refractivity contribution in [3.8, 4) is 17.6 Å². The predicted octanol–water partition coefficient (Wildman–Crippen LogP) is 4.09. The number of rotatable bonds is 5. The molecule has 0 saturated carbocycles. The number of benzene rings is 1. The second-order valence-corrected chi connectivity index (χ2v) is 4.34. The van der Waals surface area contributed by atoms with Crippen LogP contribution in [0.2, 0.25) is 0 Å². The van der Waals surface area contributed by atoms with Gasteiger partial charge in [-0.05, 0) is 42.7 Å². The van der Waals surface area contributed by atoms with Crippen LogP contribution in [0.5, 0.6) is 11.5 Å². The Hall–Kier alpha value is -2.34. The molecule has 3 heteroatoms. The van der Waals surface area contributed by atoms with Crippen LogP contribution in [0.25, 0.3) is 0 Å². The molecule has 0 aliphatic carbocycles. The first-order chi connectivity index (χ1) is 9.31. The van der Waals surface area contributed by atoms with E-state index in [0.29, 0.717) is 11.4 Å². The van der Waals surface area contributed by atoms with Crippen molar-refractivity contribution in [1.82, 2.24) is 4.98 Å². The Bertz CT molecular complexity index is 553. The number of aromatic nitrogens is 1. The first kappa shape index (κ1) is 13.1. The van der Waals surface area contributed by atoms with Crippen molar-refractivity contribution in [2.75, 3.05) is 0 Å². The lowest BCUT2D eigenvalue weighted by Crippen LogP contribution is -1.88. The summed E-state index contributed by atoms with van der Waals surface area (Å²) in [7, 11) is 0. The van der Waals surface area contributed by atoms with Crippen LogP contribution in [-0.4, -0.2) is 4.98 Å². The Kier molecular flexibility index (Phi) is 4.52. The Balaban J connectivity index is 2.00. The molecule has 1 heterocycles. The van der Waals surface area contributed by atoms with E-state index in [-0.39, 0.29) is 0 Å². The van der Waals surface area contributed by atoms with Crippen LogP contribution < -0.4 is 4.74 Å². The van der Waals surface area contributed by atoms with Gasteiger partial charge < -0.3 is 4.74 Å². The van der Waals surface area contributed by atoms with Gasteiger partial charge in [0.25, 0.3) is 0 Å². The smallest absolute Gasteiger partial charge is 0.145 e. The zero-order valence-corrected chi connectivity index (χ0v) is 11.0. The lowest BCUT2D eigenvalue weighted by atomic mass is 10.1. The second kappa shape index (κ2) is 6.55. The minimum atomic E-state index is 0.391. The molecule has 0 radical (unpaired) electrons. The molecule has 1 aromatic carbocycles. The number of unbranched alkanes of at least 4 members (excludes halogenated alkanes) is 1. The molecular weight excluding hydrogens is 236 g/mol. The maximum absolute atomic E-state index is 8.67. The normalized spacial score (nSPS) is 9.89. The summed E-state index contributed by atoms with van der Waals surface area (Å²) < 4.78 is 5.67. The van der Waals surface area contributed by atoms with Crippen molar-refractivity contribution in [2.45, 2.75) is 26.2 Å². The molecule has 0 atom stereocenters. The highest BCUT2D eigenvalue weighted by Crippen LogP contribution is 2.21. The molecule has 0 fully saturated rings. The molecule has 3 nitrogen and oxygen atoms in total. The minimum absolute atomic E-state index is 0.391. The van der Waals surface area contributed by atoms with E-state index in [2.05, 4.69) is 24.0 Å². The summed E-state index contributed by atoms with van der Waals surface area (Å²) in [6, 6.07) is 13.5. The first-order valence-corrected chi connectivity index (χ1v) is 6.45. The van der Waals surface area contributed by atoms with Crippen molar-refractivity contribution >= 4 is 0 Å². The van der Waals surface area contributed by atoms with E-state index in [1.165, 1.54) is 18.4 Å². The van der Waals surface area contributed by atoms with Crippen LogP contribution >= 0.6 is 0 Å². The number of hydrogen-bond donors (Lipinski definition) is 0. The molecule has 2 aromatic rings. The Morgan fingerprint density at radius 3 is 2.42 bits per heavy atom. The maximum atomic E-state index is 8.67. The molecular formula is C16H16N2O. The Labute approximate surface area is 113 Å². The van der Waals surface area contributed by atoms with E-state index in [4.69, 9.17) is 10.00 Å². The van der Waals surface area contributed by atoms with Gasteiger partial charge in [0, 0.05) is 0 Å². The third-order valence-electron chi connectivity index (χ3n) is 2.83. The molecule has 0 amide bonds. The van der Waals surface area contributed by atoms with Gasteiger partial charge in [-0.2, -0.15) is 5.26 Å². The van der Waals surface area contributed by atoms with E-state index in [9.17, 15) is 0 Å². The van der Waals surface area contributed by atoms with E-state index in [0.717, 1.165) is 12.2 Å². The summed E-state index contributed by atoms with van der Waals surface area (Å²) in [5.74, 6) is 1.42. The van der Waals surface area contributed by atoms with Gasteiger partial charge in [0.2, 0.25) is 0 Å². The molecule has 0 aliphatic heterocycles. The van der Waals surface area contributed by atoms with Gasteiger partial charge in [-0.25, -0.2) is 4.98 Å². The predicted molar refractivity (Wildman–Crippen MR) is 74.1 cm³/mol. The van der Waals surface area contributed by atoms with Gasteiger partial charge >= 0.3 is 0 Å². The van der Waals surface area contributed by atoms with Gasteiger partial charge in [-0.15, -0.1) is 0 Å². The van der Waals surface area contributed by atoms with Crippen molar-refractivity contribution in [2.24, 2.45) is 0 Å². The maximum Gasteiger partial charge on any atom is 0.145 e. The highest BCUT2D eigenvalue weighted by Gasteiger charge is 1.99. The van der Waals surface area contributed by atoms with Gasteiger partial charge in [0.15, 0.2) is 0 Å². The Morgan fingerprint density at radius 2 is 1.84 bits per heavy atom. The fourth-order valence-electron chi connectivity index (χ4n) is 1.75. The summed E-state index contributed by atoms with van der Waals surface area (Å²) in [4.78, 5) is 3.97. The zero-order chi connectivity index (χ0) is 13.5. The molecule has 0 saturated heterocycles. The quantitative estimate of drug-likeness (QED) is 0.805. The van der Waals surface area contributed by atoms with Crippen LogP contribution in [0.15, 0.2) is 42.6 Å². The highest BCUT2D eigenvalue weighted by atomic mass is 16.5. The minimum Gasteiger partial charge on any atom is -0.456 e. The summed E-state index contributed by atoms with van der Waals surface area (Å²) in [5.41, 5.74) is 1.72. The second-order valence-electron chi connectivity index (χ2n) is 4.34. The van der Waals surface area contributed by atoms with Crippen molar-refractivity contribution in [3.63, 3.8) is 0 Å². The molecule has 0 aliphatic rings. The summed E-state index contributed by atoms with van der Waals surface area (Å²) in [6.45, 7) is 2.19. The molecule has 0 unspecified atom stereocenters. The van der Waals surface area contributed by atoms with Gasteiger partial charge in [0.05, 0.1) is 6.20 Å². The zero-order valence-electron chi connectivity index (χ0n) is 11.0. The lowest BCUT2D eigenvalue weighted by Gasteiger charge is -2.06. The standard InChI is InChI=1S/C16H16N2O/c1-2-3-4-13-5-8-15(9-6-13)19-16-10-7-14(11-17)18-12-16/h5-10,12H,2-4H2,1H3. The molecule has 1 aromatic heterocycles. The van der Waals surface area contributed by atoms with Gasteiger partial charge in [0.1, 0.15) is 23.3 Å².